The molecule has 0 aromatic heterocycles. The van der Waals surface area contributed by atoms with Gasteiger partial charge in [0.2, 0.25) is 0 Å². The summed E-state index contributed by atoms with van der Waals surface area (Å²) in [4.78, 5) is 11.9. The van der Waals surface area contributed by atoms with Crippen molar-refractivity contribution < 1.29 is 9.53 Å². The molecule has 0 bridgehead atoms. The van der Waals surface area contributed by atoms with Crippen molar-refractivity contribution in [1.29, 1.82) is 0 Å². The summed E-state index contributed by atoms with van der Waals surface area (Å²) in [6.45, 7) is 3.68. The molecule has 0 radical (unpaired) electrons. The second kappa shape index (κ2) is 7.48. The van der Waals surface area contributed by atoms with Crippen LogP contribution in [0, 0.1) is 0 Å². The predicted octanol–water partition coefficient (Wildman–Crippen LogP) is 4.11. The number of hydrogen-bond donors (Lipinski definition) is 1. The minimum atomic E-state index is -0.380. The Bertz CT molecular complexity index is 552. The molecule has 0 unspecified atom stereocenters. The molecule has 0 aliphatic heterocycles. The highest BCUT2D eigenvalue weighted by molar-refractivity contribution is 5.68. The summed E-state index contributed by atoms with van der Waals surface area (Å²) < 4.78 is 5.19. The standard InChI is InChI=1S/C18H21NO2/c1-14(2)21-18(20)19-17(16-11-7-4-8-12-16)13-15-9-5-3-6-10-15/h3-12,14,17H,13H2,1-2H3,(H,19,20)/t17-/m1/s1. The van der Waals surface area contributed by atoms with Crippen LogP contribution in [0.2, 0.25) is 0 Å². The van der Waals surface area contributed by atoms with Gasteiger partial charge in [-0.2, -0.15) is 0 Å². The van der Waals surface area contributed by atoms with Gasteiger partial charge in [-0.25, -0.2) is 4.79 Å². The maximum absolute atomic E-state index is 11.9. The Morgan fingerprint density at radius 1 is 1.00 bits per heavy atom. The largest absolute Gasteiger partial charge is 0.447 e. The Hall–Kier alpha value is -2.29. The molecule has 0 fully saturated rings. The zero-order chi connectivity index (χ0) is 15.1. The van der Waals surface area contributed by atoms with Gasteiger partial charge >= 0.3 is 6.09 Å². The molecular weight excluding hydrogens is 262 g/mol. The highest BCUT2D eigenvalue weighted by atomic mass is 16.6. The van der Waals surface area contributed by atoms with Crippen LogP contribution in [-0.4, -0.2) is 12.2 Å². The molecule has 2 aromatic carbocycles. The number of ether oxygens (including phenoxy) is 1. The van der Waals surface area contributed by atoms with E-state index in [9.17, 15) is 4.79 Å². The zero-order valence-electron chi connectivity index (χ0n) is 12.5. The van der Waals surface area contributed by atoms with Gasteiger partial charge < -0.3 is 10.1 Å². The van der Waals surface area contributed by atoms with Gasteiger partial charge in [-0.3, -0.25) is 0 Å². The fourth-order valence-electron chi connectivity index (χ4n) is 2.18. The Kier molecular flexibility index (Phi) is 5.38. The molecule has 1 N–H and O–H groups in total. The number of amides is 1. The lowest BCUT2D eigenvalue weighted by molar-refractivity contribution is 0.112. The molecule has 0 aliphatic rings. The lowest BCUT2D eigenvalue weighted by Crippen LogP contribution is -2.32. The summed E-state index contributed by atoms with van der Waals surface area (Å²) in [6.07, 6.45) is 0.228. The second-order valence-electron chi connectivity index (χ2n) is 5.25. The third kappa shape index (κ3) is 4.95. The maximum Gasteiger partial charge on any atom is 0.407 e. The van der Waals surface area contributed by atoms with Gasteiger partial charge in [0.1, 0.15) is 0 Å². The van der Waals surface area contributed by atoms with Crippen molar-refractivity contribution in [1.82, 2.24) is 5.32 Å². The van der Waals surface area contributed by atoms with Crippen LogP contribution in [-0.2, 0) is 11.2 Å². The van der Waals surface area contributed by atoms with Gasteiger partial charge in [-0.1, -0.05) is 60.7 Å². The van der Waals surface area contributed by atoms with Crippen LogP contribution in [0.4, 0.5) is 4.79 Å². The Morgan fingerprint density at radius 3 is 2.14 bits per heavy atom. The molecule has 0 saturated heterocycles. The molecule has 1 atom stereocenters. The fourth-order valence-corrected chi connectivity index (χ4v) is 2.18. The van der Waals surface area contributed by atoms with Crippen LogP contribution in [0.1, 0.15) is 31.0 Å². The van der Waals surface area contributed by atoms with Gasteiger partial charge in [0.25, 0.3) is 0 Å². The second-order valence-corrected chi connectivity index (χ2v) is 5.25. The lowest BCUT2D eigenvalue weighted by Gasteiger charge is -2.20. The van der Waals surface area contributed by atoms with Gasteiger partial charge in [-0.05, 0) is 31.4 Å². The Balaban J connectivity index is 2.13. The van der Waals surface area contributed by atoms with Crippen molar-refractivity contribution >= 4 is 6.09 Å². The molecule has 21 heavy (non-hydrogen) atoms. The highest BCUT2D eigenvalue weighted by Crippen LogP contribution is 2.18. The monoisotopic (exact) mass is 283 g/mol. The first kappa shape index (κ1) is 15.1. The van der Waals surface area contributed by atoms with Crippen molar-refractivity contribution in [2.24, 2.45) is 0 Å². The third-order valence-corrected chi connectivity index (χ3v) is 3.12. The van der Waals surface area contributed by atoms with Crippen molar-refractivity contribution in [2.45, 2.75) is 32.4 Å². The van der Waals surface area contributed by atoms with Crippen molar-refractivity contribution in [2.75, 3.05) is 0 Å². The van der Waals surface area contributed by atoms with Crippen LogP contribution in [0.5, 0.6) is 0 Å². The molecule has 0 heterocycles. The number of alkyl carbamates (subject to hydrolysis) is 1. The number of carbonyl (C=O) groups is 1. The van der Waals surface area contributed by atoms with E-state index in [1.807, 2.05) is 62.4 Å². The average molecular weight is 283 g/mol. The number of rotatable bonds is 5. The Morgan fingerprint density at radius 2 is 1.57 bits per heavy atom. The summed E-state index contributed by atoms with van der Waals surface area (Å²) in [6, 6.07) is 20.0. The van der Waals surface area contributed by atoms with E-state index in [2.05, 4.69) is 17.4 Å². The van der Waals surface area contributed by atoms with Crippen molar-refractivity contribution in [3.63, 3.8) is 0 Å². The van der Waals surface area contributed by atoms with Crippen molar-refractivity contribution in [3.8, 4) is 0 Å². The van der Waals surface area contributed by atoms with Gasteiger partial charge in [0, 0.05) is 0 Å². The molecule has 2 rings (SSSR count). The first-order chi connectivity index (χ1) is 10.1. The highest BCUT2D eigenvalue weighted by Gasteiger charge is 2.16. The van der Waals surface area contributed by atoms with Crippen LogP contribution < -0.4 is 5.32 Å². The summed E-state index contributed by atoms with van der Waals surface area (Å²) in [5.41, 5.74) is 2.25. The van der Waals surface area contributed by atoms with E-state index in [4.69, 9.17) is 4.74 Å². The number of carbonyl (C=O) groups excluding carboxylic acids is 1. The quantitative estimate of drug-likeness (QED) is 0.897. The minimum Gasteiger partial charge on any atom is -0.447 e. The summed E-state index contributed by atoms with van der Waals surface area (Å²) in [7, 11) is 0. The van der Waals surface area contributed by atoms with Crippen LogP contribution in [0.25, 0.3) is 0 Å². The number of hydrogen-bond acceptors (Lipinski definition) is 2. The normalized spacial score (nSPS) is 12.0. The van der Waals surface area contributed by atoms with E-state index in [1.165, 1.54) is 5.56 Å². The van der Waals surface area contributed by atoms with Crippen LogP contribution in [0.15, 0.2) is 60.7 Å². The van der Waals surface area contributed by atoms with Crippen molar-refractivity contribution in [3.05, 3.63) is 71.8 Å². The van der Waals surface area contributed by atoms with E-state index in [-0.39, 0.29) is 18.2 Å². The van der Waals surface area contributed by atoms with E-state index >= 15 is 0 Å². The number of benzene rings is 2. The molecular formula is C18H21NO2. The third-order valence-electron chi connectivity index (χ3n) is 3.12. The summed E-state index contributed by atoms with van der Waals surface area (Å²) in [5.74, 6) is 0. The van der Waals surface area contributed by atoms with E-state index in [0.717, 1.165) is 12.0 Å². The van der Waals surface area contributed by atoms with E-state index < -0.39 is 0 Å². The molecule has 3 heteroatoms. The first-order valence-electron chi connectivity index (χ1n) is 7.21. The molecule has 0 saturated carbocycles. The molecule has 1 amide bonds. The predicted molar refractivity (Wildman–Crippen MR) is 84.1 cm³/mol. The topological polar surface area (TPSA) is 38.3 Å². The molecule has 110 valence electrons. The molecule has 0 aliphatic carbocycles. The first-order valence-corrected chi connectivity index (χ1v) is 7.21. The lowest BCUT2D eigenvalue weighted by atomic mass is 9.99. The SMILES string of the molecule is CC(C)OC(=O)N[C@H](Cc1ccccc1)c1ccccc1. The van der Waals surface area contributed by atoms with Gasteiger partial charge in [0.15, 0.2) is 0 Å². The van der Waals surface area contributed by atoms with Gasteiger partial charge in [-0.15, -0.1) is 0 Å². The summed E-state index contributed by atoms with van der Waals surface area (Å²) in [5, 5.41) is 2.95. The minimum absolute atomic E-state index is 0.0974. The molecule has 3 nitrogen and oxygen atoms in total. The Labute approximate surface area is 126 Å². The smallest absolute Gasteiger partial charge is 0.407 e. The average Bonchev–Trinajstić information content (AvgIpc) is 2.48. The fraction of sp³-hybridized carbons (Fsp3) is 0.278. The summed E-state index contributed by atoms with van der Waals surface area (Å²) >= 11 is 0. The number of nitrogens with one attached hydrogen (secondary N) is 1. The van der Waals surface area contributed by atoms with E-state index in [1.54, 1.807) is 0 Å². The van der Waals surface area contributed by atoms with E-state index in [0.29, 0.717) is 0 Å². The maximum atomic E-state index is 11.9. The molecule has 2 aromatic rings. The zero-order valence-corrected chi connectivity index (χ0v) is 12.5. The van der Waals surface area contributed by atoms with Crippen LogP contribution in [0.3, 0.4) is 0 Å². The molecule has 0 spiro atoms. The van der Waals surface area contributed by atoms with Crippen LogP contribution >= 0.6 is 0 Å². The van der Waals surface area contributed by atoms with Gasteiger partial charge in [0.05, 0.1) is 12.1 Å².